The van der Waals surface area contributed by atoms with Crippen LogP contribution in [-0.4, -0.2) is 21.5 Å². The molecule has 1 aromatic rings. The number of halogens is 1. The standard InChI is InChI=1S/C10H15FN2O2S/c1-8-4-2-5-9(11)10(8)16(14,15)13-7-3-6-12/h2,4-5,13H,3,6-7,12H2,1H3. The summed E-state index contributed by atoms with van der Waals surface area (Å²) in [7, 11) is -3.77. The fourth-order valence-electron chi connectivity index (χ4n) is 1.34. The summed E-state index contributed by atoms with van der Waals surface area (Å²) in [5.74, 6) is -0.736. The number of benzene rings is 1. The fourth-order valence-corrected chi connectivity index (χ4v) is 2.71. The molecule has 1 rings (SSSR count). The minimum Gasteiger partial charge on any atom is -0.330 e. The molecule has 0 spiro atoms. The third kappa shape index (κ3) is 3.01. The van der Waals surface area contributed by atoms with Crippen LogP contribution in [0.5, 0.6) is 0 Å². The van der Waals surface area contributed by atoms with E-state index < -0.39 is 15.8 Å². The normalized spacial score (nSPS) is 11.7. The van der Waals surface area contributed by atoms with Crippen LogP contribution < -0.4 is 10.5 Å². The van der Waals surface area contributed by atoms with Crippen molar-refractivity contribution in [3.63, 3.8) is 0 Å². The highest BCUT2D eigenvalue weighted by molar-refractivity contribution is 7.89. The van der Waals surface area contributed by atoms with Crippen molar-refractivity contribution in [1.82, 2.24) is 4.72 Å². The number of nitrogens with two attached hydrogens (primary N) is 1. The van der Waals surface area contributed by atoms with Gasteiger partial charge in [0.05, 0.1) is 0 Å². The summed E-state index contributed by atoms with van der Waals surface area (Å²) >= 11 is 0. The Morgan fingerprint density at radius 3 is 2.69 bits per heavy atom. The largest absolute Gasteiger partial charge is 0.330 e. The van der Waals surface area contributed by atoms with Crippen LogP contribution in [0.1, 0.15) is 12.0 Å². The summed E-state index contributed by atoms with van der Waals surface area (Å²) in [6.07, 6.45) is 0.521. The molecule has 90 valence electrons. The highest BCUT2D eigenvalue weighted by Crippen LogP contribution is 2.18. The monoisotopic (exact) mass is 246 g/mol. The first kappa shape index (κ1) is 13.1. The third-order valence-corrected chi connectivity index (χ3v) is 3.74. The van der Waals surface area contributed by atoms with Crippen molar-refractivity contribution in [3.05, 3.63) is 29.6 Å². The van der Waals surface area contributed by atoms with Gasteiger partial charge in [0.15, 0.2) is 0 Å². The molecule has 1 aromatic carbocycles. The van der Waals surface area contributed by atoms with Crippen molar-refractivity contribution in [2.24, 2.45) is 5.73 Å². The Balaban J connectivity index is 2.98. The molecule has 0 saturated carbocycles. The highest BCUT2D eigenvalue weighted by atomic mass is 32.2. The van der Waals surface area contributed by atoms with Crippen LogP contribution in [-0.2, 0) is 10.0 Å². The van der Waals surface area contributed by atoms with Crippen molar-refractivity contribution in [1.29, 1.82) is 0 Å². The molecule has 0 amide bonds. The molecule has 0 aliphatic rings. The Kier molecular flexibility index (Phi) is 4.40. The topological polar surface area (TPSA) is 72.2 Å². The van der Waals surface area contributed by atoms with Crippen molar-refractivity contribution < 1.29 is 12.8 Å². The molecule has 0 bridgehead atoms. The smallest absolute Gasteiger partial charge is 0.243 e. The average Bonchev–Trinajstić information content (AvgIpc) is 2.17. The van der Waals surface area contributed by atoms with Gasteiger partial charge in [-0.1, -0.05) is 12.1 Å². The first-order valence-electron chi connectivity index (χ1n) is 4.94. The van der Waals surface area contributed by atoms with E-state index in [0.29, 0.717) is 18.5 Å². The lowest BCUT2D eigenvalue weighted by Gasteiger charge is -2.09. The molecule has 0 radical (unpaired) electrons. The van der Waals surface area contributed by atoms with Gasteiger partial charge in [0.2, 0.25) is 10.0 Å². The number of nitrogens with one attached hydrogen (secondary N) is 1. The molecular formula is C10H15FN2O2S. The van der Waals surface area contributed by atoms with Gasteiger partial charge in [0.1, 0.15) is 10.7 Å². The Labute approximate surface area is 94.7 Å². The van der Waals surface area contributed by atoms with Gasteiger partial charge in [-0.25, -0.2) is 17.5 Å². The van der Waals surface area contributed by atoms with E-state index in [2.05, 4.69) is 4.72 Å². The number of sulfonamides is 1. The summed E-state index contributed by atoms with van der Waals surface area (Å²) in [5.41, 5.74) is 5.64. The summed E-state index contributed by atoms with van der Waals surface area (Å²) in [6, 6.07) is 4.16. The van der Waals surface area contributed by atoms with E-state index in [1.54, 1.807) is 13.0 Å². The van der Waals surface area contributed by atoms with E-state index in [1.165, 1.54) is 6.07 Å². The van der Waals surface area contributed by atoms with Crippen molar-refractivity contribution >= 4 is 10.0 Å². The van der Waals surface area contributed by atoms with Crippen LogP contribution in [0, 0.1) is 12.7 Å². The fraction of sp³-hybridized carbons (Fsp3) is 0.400. The molecule has 16 heavy (non-hydrogen) atoms. The second kappa shape index (κ2) is 5.38. The zero-order valence-electron chi connectivity index (χ0n) is 9.03. The van der Waals surface area contributed by atoms with Crippen molar-refractivity contribution in [2.75, 3.05) is 13.1 Å². The summed E-state index contributed by atoms with van der Waals surface area (Å²) in [6.45, 7) is 2.16. The van der Waals surface area contributed by atoms with E-state index in [1.807, 2.05) is 0 Å². The maximum atomic E-state index is 13.4. The molecule has 4 nitrogen and oxygen atoms in total. The maximum Gasteiger partial charge on any atom is 0.243 e. The first-order valence-corrected chi connectivity index (χ1v) is 6.42. The van der Waals surface area contributed by atoms with Gasteiger partial charge in [0.25, 0.3) is 0 Å². The van der Waals surface area contributed by atoms with Crippen LogP contribution in [0.25, 0.3) is 0 Å². The van der Waals surface area contributed by atoms with Crippen molar-refractivity contribution in [3.8, 4) is 0 Å². The lowest BCUT2D eigenvalue weighted by molar-refractivity contribution is 0.554. The average molecular weight is 246 g/mol. The minimum atomic E-state index is -3.77. The number of rotatable bonds is 5. The maximum absolute atomic E-state index is 13.4. The predicted molar refractivity (Wildman–Crippen MR) is 60.0 cm³/mol. The Morgan fingerprint density at radius 1 is 1.44 bits per heavy atom. The molecule has 3 N–H and O–H groups in total. The lowest BCUT2D eigenvalue weighted by atomic mass is 10.2. The second-order valence-corrected chi connectivity index (χ2v) is 5.13. The van der Waals surface area contributed by atoms with E-state index in [4.69, 9.17) is 5.73 Å². The molecule has 0 fully saturated rings. The van der Waals surface area contributed by atoms with Gasteiger partial charge in [-0.3, -0.25) is 0 Å². The quantitative estimate of drug-likeness (QED) is 0.753. The van der Waals surface area contributed by atoms with Gasteiger partial charge < -0.3 is 5.73 Å². The summed E-state index contributed by atoms with van der Waals surface area (Å²) in [4.78, 5) is -0.285. The zero-order chi connectivity index (χ0) is 12.2. The lowest BCUT2D eigenvalue weighted by Crippen LogP contribution is -2.27. The molecule has 0 heterocycles. The number of hydrogen-bond donors (Lipinski definition) is 2. The van der Waals surface area contributed by atoms with Gasteiger partial charge in [-0.15, -0.1) is 0 Å². The Bertz CT molecular complexity index is 440. The van der Waals surface area contributed by atoms with E-state index >= 15 is 0 Å². The molecule has 0 aliphatic heterocycles. The van der Waals surface area contributed by atoms with E-state index in [-0.39, 0.29) is 11.4 Å². The van der Waals surface area contributed by atoms with E-state index in [0.717, 1.165) is 6.07 Å². The second-order valence-electron chi connectivity index (χ2n) is 3.43. The Morgan fingerprint density at radius 2 is 2.12 bits per heavy atom. The van der Waals surface area contributed by atoms with Crippen LogP contribution in [0.3, 0.4) is 0 Å². The van der Waals surface area contributed by atoms with Crippen molar-refractivity contribution in [2.45, 2.75) is 18.2 Å². The molecular weight excluding hydrogens is 231 g/mol. The zero-order valence-corrected chi connectivity index (χ0v) is 9.85. The molecule has 6 heteroatoms. The molecule has 0 atom stereocenters. The third-order valence-electron chi connectivity index (χ3n) is 2.11. The van der Waals surface area contributed by atoms with Gasteiger partial charge in [0, 0.05) is 6.54 Å². The predicted octanol–water partition coefficient (Wildman–Crippen LogP) is 0.761. The van der Waals surface area contributed by atoms with Gasteiger partial charge in [-0.05, 0) is 31.5 Å². The van der Waals surface area contributed by atoms with Crippen LogP contribution in [0.2, 0.25) is 0 Å². The Hall–Kier alpha value is -0.980. The van der Waals surface area contributed by atoms with Gasteiger partial charge >= 0.3 is 0 Å². The van der Waals surface area contributed by atoms with E-state index in [9.17, 15) is 12.8 Å². The highest BCUT2D eigenvalue weighted by Gasteiger charge is 2.20. The molecule has 0 saturated heterocycles. The number of aryl methyl sites for hydroxylation is 1. The first-order chi connectivity index (χ1) is 7.49. The van der Waals surface area contributed by atoms with Gasteiger partial charge in [-0.2, -0.15) is 0 Å². The molecule has 0 unspecified atom stereocenters. The minimum absolute atomic E-state index is 0.215. The SMILES string of the molecule is Cc1cccc(F)c1S(=O)(=O)NCCCN. The van der Waals surface area contributed by atoms with Crippen LogP contribution in [0.4, 0.5) is 4.39 Å². The van der Waals surface area contributed by atoms with Crippen LogP contribution in [0.15, 0.2) is 23.1 Å². The number of hydrogen-bond acceptors (Lipinski definition) is 3. The summed E-state index contributed by atoms with van der Waals surface area (Å²) < 4.78 is 39.2. The molecule has 0 aromatic heterocycles. The summed E-state index contributed by atoms with van der Waals surface area (Å²) in [5, 5.41) is 0. The van der Waals surface area contributed by atoms with Crippen LogP contribution >= 0.6 is 0 Å². The molecule has 0 aliphatic carbocycles.